The van der Waals surface area contributed by atoms with Gasteiger partial charge in [-0.05, 0) is 43.0 Å². The summed E-state index contributed by atoms with van der Waals surface area (Å²) in [6.45, 7) is 6.45. The summed E-state index contributed by atoms with van der Waals surface area (Å²) >= 11 is 1.54. The lowest BCUT2D eigenvalue weighted by atomic mass is 10.1. The van der Waals surface area contributed by atoms with Crippen molar-refractivity contribution in [1.29, 1.82) is 0 Å². The molecule has 1 N–H and O–H groups in total. The number of amides is 1. The van der Waals surface area contributed by atoms with E-state index < -0.39 is 0 Å². The predicted molar refractivity (Wildman–Crippen MR) is 106 cm³/mol. The molecule has 0 bridgehead atoms. The molecule has 0 aliphatic heterocycles. The molecule has 0 radical (unpaired) electrons. The molecule has 0 atom stereocenters. The van der Waals surface area contributed by atoms with Crippen LogP contribution in [0.1, 0.15) is 60.5 Å². The van der Waals surface area contributed by atoms with E-state index in [1.807, 2.05) is 24.4 Å². The third kappa shape index (κ3) is 3.76. The van der Waals surface area contributed by atoms with Gasteiger partial charge in [0.2, 0.25) is 0 Å². The maximum absolute atomic E-state index is 12.5. The van der Waals surface area contributed by atoms with Crippen LogP contribution in [0.2, 0.25) is 0 Å². The van der Waals surface area contributed by atoms with Gasteiger partial charge in [-0.1, -0.05) is 27.2 Å². The van der Waals surface area contributed by atoms with Crippen LogP contribution < -0.4 is 5.32 Å². The van der Waals surface area contributed by atoms with Gasteiger partial charge in [-0.3, -0.25) is 10.1 Å². The fraction of sp³-hybridized carbons (Fsp3) is 0.400. The Morgan fingerprint density at radius 3 is 2.80 bits per heavy atom. The fourth-order valence-electron chi connectivity index (χ4n) is 2.93. The number of nitrogens with zero attached hydrogens (tertiary/aromatic N) is 2. The fourth-order valence-corrected chi connectivity index (χ4v) is 3.74. The zero-order valence-electron chi connectivity index (χ0n) is 15.3. The maximum Gasteiger partial charge on any atom is 0.257 e. The molecule has 0 unspecified atom stereocenters. The lowest BCUT2D eigenvalue weighted by Crippen LogP contribution is -2.11. The number of hydrogen-bond acceptors (Lipinski definition) is 3. The zero-order chi connectivity index (χ0) is 18.0. The minimum absolute atomic E-state index is 0.106. The minimum atomic E-state index is -0.106. The molecular weight excluding hydrogens is 330 g/mol. The van der Waals surface area contributed by atoms with E-state index >= 15 is 0 Å². The highest BCUT2D eigenvalue weighted by Crippen LogP contribution is 2.26. The molecule has 2 heterocycles. The molecule has 4 nitrogen and oxygen atoms in total. The second-order valence-corrected chi connectivity index (χ2v) is 7.81. The number of rotatable bonds is 6. The number of unbranched alkanes of at least 4 members (excludes halogenated alkanes) is 1. The van der Waals surface area contributed by atoms with E-state index in [-0.39, 0.29) is 5.91 Å². The highest BCUT2D eigenvalue weighted by molar-refractivity contribution is 7.15. The molecule has 2 aromatic heterocycles. The van der Waals surface area contributed by atoms with Crippen LogP contribution in [0.5, 0.6) is 0 Å². The number of anilines is 1. The monoisotopic (exact) mass is 355 g/mol. The summed E-state index contributed by atoms with van der Waals surface area (Å²) in [5.74, 6) is 0.316. The van der Waals surface area contributed by atoms with Gasteiger partial charge in [0, 0.05) is 40.3 Å². The molecule has 3 rings (SSSR count). The number of aryl methyl sites for hydroxylation is 2. The average molecular weight is 356 g/mol. The van der Waals surface area contributed by atoms with Crippen molar-refractivity contribution in [3.05, 3.63) is 46.6 Å². The van der Waals surface area contributed by atoms with E-state index in [9.17, 15) is 4.79 Å². The van der Waals surface area contributed by atoms with Crippen LogP contribution in [0.15, 0.2) is 30.5 Å². The Morgan fingerprint density at radius 1 is 1.32 bits per heavy atom. The Morgan fingerprint density at radius 2 is 2.12 bits per heavy atom. The summed E-state index contributed by atoms with van der Waals surface area (Å²) in [6, 6.07) is 8.08. The second kappa shape index (κ2) is 7.40. The largest absolute Gasteiger partial charge is 0.348 e. The molecule has 0 saturated heterocycles. The van der Waals surface area contributed by atoms with Crippen molar-refractivity contribution in [2.75, 3.05) is 5.32 Å². The molecule has 0 spiro atoms. The first-order valence-corrected chi connectivity index (χ1v) is 9.66. The molecule has 1 aromatic carbocycles. The lowest BCUT2D eigenvalue weighted by molar-refractivity contribution is 0.102. The summed E-state index contributed by atoms with van der Waals surface area (Å²) in [5.41, 5.74) is 3.15. The highest BCUT2D eigenvalue weighted by atomic mass is 32.1. The van der Waals surface area contributed by atoms with Gasteiger partial charge in [-0.15, -0.1) is 11.3 Å². The third-order valence-corrected chi connectivity index (χ3v) is 5.72. The van der Waals surface area contributed by atoms with Gasteiger partial charge < -0.3 is 4.57 Å². The molecule has 0 saturated carbocycles. The number of nitrogens with one attached hydrogen (secondary N) is 1. The average Bonchev–Trinajstić information content (AvgIpc) is 3.18. The molecule has 0 aliphatic rings. The van der Waals surface area contributed by atoms with E-state index in [4.69, 9.17) is 0 Å². The first kappa shape index (κ1) is 17.7. The van der Waals surface area contributed by atoms with Gasteiger partial charge in [0.1, 0.15) is 0 Å². The van der Waals surface area contributed by atoms with Crippen molar-refractivity contribution in [1.82, 2.24) is 9.55 Å². The number of carbonyl (C=O) groups excluding carboxylic acids is 1. The Bertz CT molecular complexity index is 892. The van der Waals surface area contributed by atoms with Gasteiger partial charge in [0.25, 0.3) is 5.91 Å². The van der Waals surface area contributed by atoms with Crippen molar-refractivity contribution >= 4 is 33.3 Å². The summed E-state index contributed by atoms with van der Waals surface area (Å²) in [5, 5.41) is 4.69. The van der Waals surface area contributed by atoms with Crippen molar-refractivity contribution in [3.63, 3.8) is 0 Å². The van der Waals surface area contributed by atoms with Crippen molar-refractivity contribution in [3.8, 4) is 0 Å². The van der Waals surface area contributed by atoms with Gasteiger partial charge in [0.05, 0.1) is 0 Å². The predicted octanol–water partition coefficient (Wildman–Crippen LogP) is 5.35. The lowest BCUT2D eigenvalue weighted by Gasteiger charge is -2.04. The smallest absolute Gasteiger partial charge is 0.257 e. The number of thiazole rings is 1. The molecule has 5 heteroatoms. The SMILES string of the molecule is CCCCc1cc2cc(C(=O)Nc3ncc(C(C)C)s3)ccc2n1C. The summed E-state index contributed by atoms with van der Waals surface area (Å²) < 4.78 is 2.22. The minimum Gasteiger partial charge on any atom is -0.348 e. The van der Waals surface area contributed by atoms with Crippen LogP contribution in [0.25, 0.3) is 10.9 Å². The quantitative estimate of drug-likeness (QED) is 0.647. The summed E-state index contributed by atoms with van der Waals surface area (Å²) in [7, 11) is 2.09. The summed E-state index contributed by atoms with van der Waals surface area (Å²) in [6.07, 6.45) is 5.27. The molecule has 132 valence electrons. The van der Waals surface area contributed by atoms with Crippen molar-refractivity contribution in [2.45, 2.75) is 46.0 Å². The molecule has 0 aliphatic carbocycles. The maximum atomic E-state index is 12.5. The number of hydrogen-bond donors (Lipinski definition) is 1. The third-order valence-electron chi connectivity index (χ3n) is 4.50. The molecule has 0 fully saturated rings. The van der Waals surface area contributed by atoms with Gasteiger partial charge in [-0.25, -0.2) is 4.98 Å². The standard InChI is InChI=1S/C20H25N3OS/c1-5-6-7-16-11-15-10-14(8-9-17(15)23(16)4)19(24)22-20-21-12-18(25-20)13(2)3/h8-13H,5-7H2,1-4H3,(H,21,22,24). The molecule has 1 amide bonds. The van der Waals surface area contributed by atoms with Crippen LogP contribution >= 0.6 is 11.3 Å². The highest BCUT2D eigenvalue weighted by Gasteiger charge is 2.13. The van der Waals surface area contributed by atoms with E-state index in [0.29, 0.717) is 16.6 Å². The van der Waals surface area contributed by atoms with E-state index in [2.05, 4.69) is 48.8 Å². The van der Waals surface area contributed by atoms with Gasteiger partial charge >= 0.3 is 0 Å². The van der Waals surface area contributed by atoms with Gasteiger partial charge in [-0.2, -0.15) is 0 Å². The van der Waals surface area contributed by atoms with Crippen LogP contribution in [-0.4, -0.2) is 15.5 Å². The van der Waals surface area contributed by atoms with Crippen molar-refractivity contribution in [2.24, 2.45) is 7.05 Å². The zero-order valence-corrected chi connectivity index (χ0v) is 16.1. The second-order valence-electron chi connectivity index (χ2n) is 6.75. The molecular formula is C20H25N3OS. The Hall–Kier alpha value is -2.14. The van der Waals surface area contributed by atoms with E-state index in [0.717, 1.165) is 11.8 Å². The van der Waals surface area contributed by atoms with Crippen LogP contribution in [-0.2, 0) is 13.5 Å². The van der Waals surface area contributed by atoms with Gasteiger partial charge in [0.15, 0.2) is 5.13 Å². The Balaban J connectivity index is 1.81. The van der Waals surface area contributed by atoms with Crippen LogP contribution in [0, 0.1) is 0 Å². The Kier molecular flexibility index (Phi) is 5.23. The number of fused-ring (bicyclic) bond motifs is 1. The van der Waals surface area contributed by atoms with E-state index in [1.165, 1.54) is 40.3 Å². The molecule has 3 aromatic rings. The summed E-state index contributed by atoms with van der Waals surface area (Å²) in [4.78, 5) is 18.0. The first-order valence-electron chi connectivity index (χ1n) is 8.85. The van der Waals surface area contributed by atoms with E-state index in [1.54, 1.807) is 0 Å². The number of carbonyl (C=O) groups is 1. The molecule has 25 heavy (non-hydrogen) atoms. The van der Waals surface area contributed by atoms with Crippen LogP contribution in [0.4, 0.5) is 5.13 Å². The van der Waals surface area contributed by atoms with Crippen molar-refractivity contribution < 1.29 is 4.79 Å². The number of benzene rings is 1. The Labute approximate surface area is 152 Å². The van der Waals surface area contributed by atoms with Crippen LogP contribution in [0.3, 0.4) is 0 Å². The first-order chi connectivity index (χ1) is 12.0. The number of aromatic nitrogens is 2. The normalized spacial score (nSPS) is 11.4. The topological polar surface area (TPSA) is 46.9 Å².